The van der Waals surface area contributed by atoms with Gasteiger partial charge in [-0.3, -0.25) is 4.79 Å². The highest BCUT2D eigenvalue weighted by atomic mass is 16.5. The van der Waals surface area contributed by atoms with Gasteiger partial charge in [-0.2, -0.15) is 0 Å². The minimum atomic E-state index is -0.353. The van der Waals surface area contributed by atoms with Crippen molar-refractivity contribution < 1.29 is 14.3 Å². The van der Waals surface area contributed by atoms with Crippen LogP contribution in [0, 0.1) is 0 Å². The van der Waals surface area contributed by atoms with Crippen molar-refractivity contribution in [3.8, 4) is 11.5 Å². The number of hydrogen-bond acceptors (Lipinski definition) is 6. The number of rotatable bonds is 8. The van der Waals surface area contributed by atoms with Crippen molar-refractivity contribution in [3.63, 3.8) is 0 Å². The van der Waals surface area contributed by atoms with E-state index in [1.807, 2.05) is 56.3 Å². The predicted molar refractivity (Wildman–Crippen MR) is 113 cm³/mol. The van der Waals surface area contributed by atoms with E-state index in [9.17, 15) is 4.79 Å². The zero-order valence-electron chi connectivity index (χ0n) is 16.7. The summed E-state index contributed by atoms with van der Waals surface area (Å²) < 4.78 is 11.1. The fourth-order valence-electron chi connectivity index (χ4n) is 2.70. The molecule has 7 nitrogen and oxygen atoms in total. The highest BCUT2D eigenvalue weighted by Crippen LogP contribution is 2.25. The molecular formula is C22H24N4O3. The molecule has 0 atom stereocenters. The third-order valence-corrected chi connectivity index (χ3v) is 4.05. The summed E-state index contributed by atoms with van der Waals surface area (Å²) in [6.07, 6.45) is 0.00133. The van der Waals surface area contributed by atoms with Crippen molar-refractivity contribution in [2.75, 3.05) is 17.7 Å². The Morgan fingerprint density at radius 1 is 0.966 bits per heavy atom. The van der Waals surface area contributed by atoms with E-state index < -0.39 is 0 Å². The van der Waals surface area contributed by atoms with Gasteiger partial charge in [0.1, 0.15) is 17.3 Å². The molecular weight excluding hydrogens is 368 g/mol. The molecule has 0 aliphatic heterocycles. The largest absolute Gasteiger partial charge is 0.496 e. The predicted octanol–water partition coefficient (Wildman–Crippen LogP) is 4.14. The Bertz CT molecular complexity index is 958. The third kappa shape index (κ3) is 5.44. The standard InChI is InChI=1S/C22H24N4O3/c1-15(2)29-20-11-7-5-9-17(20)24-22(27)18-12-13-21(26-25-18)23-14-16-8-4-6-10-19(16)28-3/h4-13,15H,14H2,1-3H3,(H,23,26)(H,24,27). The maximum Gasteiger partial charge on any atom is 0.276 e. The van der Waals surface area contributed by atoms with Crippen LogP contribution in [0.5, 0.6) is 11.5 Å². The number of aromatic nitrogens is 2. The zero-order valence-corrected chi connectivity index (χ0v) is 16.7. The number of anilines is 2. The van der Waals surface area contributed by atoms with Crippen LogP contribution in [0.25, 0.3) is 0 Å². The summed E-state index contributed by atoms with van der Waals surface area (Å²) in [4.78, 5) is 12.5. The summed E-state index contributed by atoms with van der Waals surface area (Å²) in [6, 6.07) is 18.4. The number of ether oxygens (including phenoxy) is 2. The van der Waals surface area contributed by atoms with E-state index in [4.69, 9.17) is 9.47 Å². The minimum Gasteiger partial charge on any atom is -0.496 e. The number of methoxy groups -OCH3 is 1. The van der Waals surface area contributed by atoms with E-state index in [-0.39, 0.29) is 17.7 Å². The lowest BCUT2D eigenvalue weighted by molar-refractivity contribution is 0.102. The van der Waals surface area contributed by atoms with Gasteiger partial charge in [0.25, 0.3) is 5.91 Å². The van der Waals surface area contributed by atoms with Crippen LogP contribution >= 0.6 is 0 Å². The Morgan fingerprint density at radius 3 is 2.38 bits per heavy atom. The van der Waals surface area contributed by atoms with Crippen LogP contribution in [-0.4, -0.2) is 29.3 Å². The number of benzene rings is 2. The number of para-hydroxylation sites is 3. The van der Waals surface area contributed by atoms with E-state index in [1.165, 1.54) is 0 Å². The van der Waals surface area contributed by atoms with Crippen molar-refractivity contribution in [1.82, 2.24) is 10.2 Å². The fraction of sp³-hybridized carbons (Fsp3) is 0.227. The molecule has 0 aliphatic carbocycles. The summed E-state index contributed by atoms with van der Waals surface area (Å²) in [5.41, 5.74) is 1.80. The third-order valence-electron chi connectivity index (χ3n) is 4.05. The maximum absolute atomic E-state index is 12.5. The monoisotopic (exact) mass is 392 g/mol. The Kier molecular flexibility index (Phi) is 6.63. The smallest absolute Gasteiger partial charge is 0.276 e. The Balaban J connectivity index is 1.63. The van der Waals surface area contributed by atoms with Crippen molar-refractivity contribution >= 4 is 17.4 Å². The van der Waals surface area contributed by atoms with Crippen LogP contribution in [-0.2, 0) is 6.54 Å². The molecule has 0 aliphatic rings. The molecule has 0 radical (unpaired) electrons. The topological polar surface area (TPSA) is 85.4 Å². The molecule has 0 fully saturated rings. The van der Waals surface area contributed by atoms with Gasteiger partial charge in [-0.1, -0.05) is 30.3 Å². The lowest BCUT2D eigenvalue weighted by atomic mass is 10.2. The number of hydrogen-bond donors (Lipinski definition) is 2. The molecule has 29 heavy (non-hydrogen) atoms. The normalized spacial score (nSPS) is 10.5. The van der Waals surface area contributed by atoms with Crippen LogP contribution in [0.4, 0.5) is 11.5 Å². The van der Waals surface area contributed by atoms with Crippen LogP contribution in [0.15, 0.2) is 60.7 Å². The van der Waals surface area contributed by atoms with Gasteiger partial charge in [0.15, 0.2) is 5.69 Å². The van der Waals surface area contributed by atoms with E-state index in [0.29, 0.717) is 23.8 Å². The molecule has 1 heterocycles. The molecule has 0 bridgehead atoms. The average Bonchev–Trinajstić information content (AvgIpc) is 2.74. The zero-order chi connectivity index (χ0) is 20.6. The Morgan fingerprint density at radius 2 is 1.69 bits per heavy atom. The van der Waals surface area contributed by atoms with Gasteiger partial charge >= 0.3 is 0 Å². The van der Waals surface area contributed by atoms with Gasteiger partial charge in [-0.25, -0.2) is 0 Å². The summed E-state index contributed by atoms with van der Waals surface area (Å²) >= 11 is 0. The molecule has 2 aromatic carbocycles. The molecule has 7 heteroatoms. The lowest BCUT2D eigenvalue weighted by Gasteiger charge is -2.14. The minimum absolute atomic E-state index is 0.00133. The number of nitrogens with zero attached hydrogens (tertiary/aromatic N) is 2. The van der Waals surface area contributed by atoms with Gasteiger partial charge in [-0.05, 0) is 44.2 Å². The Hall–Kier alpha value is -3.61. The molecule has 150 valence electrons. The van der Waals surface area contributed by atoms with E-state index >= 15 is 0 Å². The molecule has 0 unspecified atom stereocenters. The summed E-state index contributed by atoms with van der Waals surface area (Å²) in [6.45, 7) is 4.39. The summed E-state index contributed by atoms with van der Waals surface area (Å²) in [7, 11) is 1.64. The van der Waals surface area contributed by atoms with Crippen LogP contribution in [0.1, 0.15) is 29.9 Å². The fourth-order valence-corrected chi connectivity index (χ4v) is 2.70. The number of carbonyl (C=O) groups excluding carboxylic acids is 1. The first-order chi connectivity index (χ1) is 14.1. The van der Waals surface area contributed by atoms with Gasteiger partial charge in [0.05, 0.1) is 18.9 Å². The van der Waals surface area contributed by atoms with E-state index in [2.05, 4.69) is 20.8 Å². The molecule has 2 N–H and O–H groups in total. The Labute approximate surface area is 170 Å². The second-order valence-electron chi connectivity index (χ2n) is 6.59. The average molecular weight is 392 g/mol. The molecule has 3 rings (SSSR count). The highest BCUT2D eigenvalue weighted by Gasteiger charge is 2.12. The van der Waals surface area contributed by atoms with Crippen molar-refractivity contribution in [3.05, 3.63) is 71.9 Å². The van der Waals surface area contributed by atoms with Crippen LogP contribution in [0.3, 0.4) is 0 Å². The van der Waals surface area contributed by atoms with Crippen molar-refractivity contribution in [2.24, 2.45) is 0 Å². The van der Waals surface area contributed by atoms with Gasteiger partial charge in [0, 0.05) is 12.1 Å². The molecule has 0 saturated heterocycles. The first-order valence-corrected chi connectivity index (χ1v) is 9.33. The van der Waals surface area contributed by atoms with Crippen molar-refractivity contribution in [1.29, 1.82) is 0 Å². The van der Waals surface area contributed by atoms with Crippen molar-refractivity contribution in [2.45, 2.75) is 26.5 Å². The van der Waals surface area contributed by atoms with Gasteiger partial charge in [0.2, 0.25) is 0 Å². The van der Waals surface area contributed by atoms with Gasteiger partial charge in [-0.15, -0.1) is 10.2 Å². The number of amides is 1. The lowest BCUT2D eigenvalue weighted by Crippen LogP contribution is -2.16. The molecule has 0 saturated carbocycles. The highest BCUT2D eigenvalue weighted by molar-refractivity contribution is 6.03. The molecule has 1 amide bonds. The second kappa shape index (κ2) is 9.54. The maximum atomic E-state index is 12.5. The van der Waals surface area contributed by atoms with E-state index in [0.717, 1.165) is 11.3 Å². The SMILES string of the molecule is COc1ccccc1CNc1ccc(C(=O)Nc2ccccc2OC(C)C)nn1. The first-order valence-electron chi connectivity index (χ1n) is 9.33. The van der Waals surface area contributed by atoms with Crippen LogP contribution < -0.4 is 20.1 Å². The molecule has 3 aromatic rings. The molecule has 0 spiro atoms. The van der Waals surface area contributed by atoms with Crippen LogP contribution in [0.2, 0.25) is 0 Å². The number of nitrogens with one attached hydrogen (secondary N) is 2. The summed E-state index contributed by atoms with van der Waals surface area (Å²) in [5.74, 6) is 1.62. The first kappa shape index (κ1) is 20.1. The van der Waals surface area contributed by atoms with E-state index in [1.54, 1.807) is 25.3 Å². The molecule has 1 aromatic heterocycles. The quantitative estimate of drug-likeness (QED) is 0.599. The summed E-state index contributed by atoms with van der Waals surface area (Å²) in [5, 5.41) is 14.1. The number of carbonyl (C=O) groups is 1. The second-order valence-corrected chi connectivity index (χ2v) is 6.59. The van der Waals surface area contributed by atoms with Gasteiger partial charge < -0.3 is 20.1 Å².